The summed E-state index contributed by atoms with van der Waals surface area (Å²) in [6.45, 7) is 1.99. The number of pyridine rings is 1. The summed E-state index contributed by atoms with van der Waals surface area (Å²) in [4.78, 5) is 15.4. The largest absolute Gasteiger partial charge is 0.327 e. The van der Waals surface area contributed by atoms with Gasteiger partial charge in [-0.1, -0.05) is 6.92 Å². The number of nitrogens with zero attached hydrogens (tertiary/aromatic N) is 1. The molecule has 1 heterocycles. The molecule has 14 heavy (non-hydrogen) atoms. The maximum Gasteiger partial charge on any atom is 0.138 e. The monoisotopic (exact) mass is 192 g/mol. The highest BCUT2D eigenvalue weighted by atomic mass is 16.1. The van der Waals surface area contributed by atoms with Crippen LogP contribution in [0.15, 0.2) is 24.5 Å². The number of ketones is 1. The summed E-state index contributed by atoms with van der Waals surface area (Å²) in [7, 11) is 0. The van der Waals surface area contributed by atoms with Gasteiger partial charge >= 0.3 is 0 Å². The average Bonchev–Trinajstić information content (AvgIpc) is 2.19. The van der Waals surface area contributed by atoms with Gasteiger partial charge in [0, 0.05) is 31.3 Å². The zero-order chi connectivity index (χ0) is 10.4. The van der Waals surface area contributed by atoms with Gasteiger partial charge in [-0.25, -0.2) is 0 Å². The Hall–Kier alpha value is -1.22. The Balaban J connectivity index is 2.42. The van der Waals surface area contributed by atoms with Crippen LogP contribution in [0.2, 0.25) is 0 Å². The smallest absolute Gasteiger partial charge is 0.138 e. The van der Waals surface area contributed by atoms with Gasteiger partial charge in [-0.2, -0.15) is 0 Å². The second-order valence-electron chi connectivity index (χ2n) is 3.44. The normalized spacial score (nSPS) is 12.4. The van der Waals surface area contributed by atoms with Crippen LogP contribution in [0.25, 0.3) is 0 Å². The molecule has 0 aliphatic rings. The molecule has 1 unspecified atom stereocenters. The summed E-state index contributed by atoms with van der Waals surface area (Å²) in [6.07, 6.45) is 5.18. The van der Waals surface area contributed by atoms with Crippen LogP contribution in [0.3, 0.4) is 0 Å². The minimum Gasteiger partial charge on any atom is -0.327 e. The number of Topliss-reactive ketones (excluding diaryl/α,β-unsaturated/α-hetero) is 1. The first kappa shape index (κ1) is 10.9. The van der Waals surface area contributed by atoms with E-state index in [4.69, 9.17) is 5.73 Å². The van der Waals surface area contributed by atoms with E-state index in [1.165, 1.54) is 0 Å². The quantitative estimate of drug-likeness (QED) is 0.765. The number of rotatable bonds is 5. The van der Waals surface area contributed by atoms with Crippen LogP contribution in [-0.2, 0) is 11.2 Å². The molecule has 0 spiro atoms. The Morgan fingerprint density at radius 2 is 2.14 bits per heavy atom. The highest BCUT2D eigenvalue weighted by Gasteiger charge is 2.08. The van der Waals surface area contributed by atoms with Crippen LogP contribution in [0.5, 0.6) is 0 Å². The lowest BCUT2D eigenvalue weighted by Gasteiger charge is -2.06. The maximum absolute atomic E-state index is 11.5. The second kappa shape index (κ2) is 5.50. The van der Waals surface area contributed by atoms with Crippen molar-refractivity contribution in [3.05, 3.63) is 30.1 Å². The summed E-state index contributed by atoms with van der Waals surface area (Å²) < 4.78 is 0. The second-order valence-corrected chi connectivity index (χ2v) is 3.44. The molecule has 1 aromatic heterocycles. The molecule has 1 aromatic rings. The molecule has 0 aromatic carbocycles. The van der Waals surface area contributed by atoms with E-state index in [2.05, 4.69) is 4.98 Å². The molecule has 0 amide bonds. The Kier molecular flexibility index (Phi) is 4.26. The summed E-state index contributed by atoms with van der Waals surface area (Å²) in [5, 5.41) is 0. The van der Waals surface area contributed by atoms with Gasteiger partial charge in [0.1, 0.15) is 5.78 Å². The third kappa shape index (κ3) is 3.66. The van der Waals surface area contributed by atoms with Crippen molar-refractivity contribution >= 4 is 5.78 Å². The fraction of sp³-hybridized carbons (Fsp3) is 0.455. The van der Waals surface area contributed by atoms with E-state index in [1.807, 2.05) is 19.1 Å². The Morgan fingerprint density at radius 3 is 2.71 bits per heavy atom. The first-order chi connectivity index (χ1) is 6.72. The Labute approximate surface area is 84.3 Å². The van der Waals surface area contributed by atoms with Crippen molar-refractivity contribution in [2.75, 3.05) is 0 Å². The zero-order valence-electron chi connectivity index (χ0n) is 8.44. The predicted octanol–water partition coefficient (Wildman–Crippen LogP) is 1.32. The molecule has 0 saturated carbocycles. The highest BCUT2D eigenvalue weighted by molar-refractivity contribution is 5.81. The van der Waals surface area contributed by atoms with Gasteiger partial charge in [-0.15, -0.1) is 0 Å². The van der Waals surface area contributed by atoms with Gasteiger partial charge in [0.25, 0.3) is 0 Å². The number of hydrogen-bond acceptors (Lipinski definition) is 3. The van der Waals surface area contributed by atoms with Gasteiger partial charge in [-0.05, 0) is 24.1 Å². The molecule has 1 rings (SSSR count). The van der Waals surface area contributed by atoms with E-state index in [0.717, 1.165) is 12.0 Å². The van der Waals surface area contributed by atoms with Gasteiger partial charge < -0.3 is 5.73 Å². The number of carbonyl (C=O) groups excluding carboxylic acids is 1. The third-order valence-electron chi connectivity index (χ3n) is 2.16. The van der Waals surface area contributed by atoms with E-state index < -0.39 is 0 Å². The minimum atomic E-state index is 0.00402. The summed E-state index contributed by atoms with van der Waals surface area (Å²) in [5.41, 5.74) is 6.70. The standard InChI is InChI=1S/C11H16N2O/c1-2-10(12)8-11(14)7-9-3-5-13-6-4-9/h3-6,10H,2,7-8,12H2,1H3. The van der Waals surface area contributed by atoms with Crippen molar-refractivity contribution < 1.29 is 4.79 Å². The molecule has 0 saturated heterocycles. The fourth-order valence-electron chi connectivity index (χ4n) is 1.24. The molecule has 3 heteroatoms. The number of hydrogen-bond donors (Lipinski definition) is 1. The first-order valence-electron chi connectivity index (χ1n) is 4.88. The molecule has 0 fully saturated rings. The molecule has 1 atom stereocenters. The van der Waals surface area contributed by atoms with Crippen LogP contribution in [0, 0.1) is 0 Å². The lowest BCUT2D eigenvalue weighted by molar-refractivity contribution is -0.118. The third-order valence-corrected chi connectivity index (χ3v) is 2.16. The lowest BCUT2D eigenvalue weighted by Crippen LogP contribution is -2.23. The van der Waals surface area contributed by atoms with Gasteiger partial charge in [-0.3, -0.25) is 9.78 Å². The molecular formula is C11H16N2O. The zero-order valence-corrected chi connectivity index (χ0v) is 8.44. The predicted molar refractivity (Wildman–Crippen MR) is 55.8 cm³/mol. The fourth-order valence-corrected chi connectivity index (χ4v) is 1.24. The van der Waals surface area contributed by atoms with Crippen LogP contribution < -0.4 is 5.73 Å². The van der Waals surface area contributed by atoms with Gasteiger partial charge in [0.15, 0.2) is 0 Å². The van der Waals surface area contributed by atoms with Crippen molar-refractivity contribution in [2.24, 2.45) is 5.73 Å². The summed E-state index contributed by atoms with van der Waals surface area (Å²) in [6, 6.07) is 3.72. The lowest BCUT2D eigenvalue weighted by atomic mass is 10.0. The average molecular weight is 192 g/mol. The molecule has 0 aliphatic heterocycles. The Bertz CT molecular complexity index is 285. The highest BCUT2D eigenvalue weighted by Crippen LogP contribution is 2.03. The Morgan fingerprint density at radius 1 is 1.50 bits per heavy atom. The summed E-state index contributed by atoms with van der Waals surface area (Å²) in [5.74, 6) is 0.200. The van der Waals surface area contributed by atoms with E-state index in [9.17, 15) is 4.79 Å². The first-order valence-corrected chi connectivity index (χ1v) is 4.88. The van der Waals surface area contributed by atoms with Crippen LogP contribution >= 0.6 is 0 Å². The van der Waals surface area contributed by atoms with Crippen molar-refractivity contribution in [3.63, 3.8) is 0 Å². The topological polar surface area (TPSA) is 56.0 Å². The van der Waals surface area contributed by atoms with Crippen LogP contribution in [0.1, 0.15) is 25.3 Å². The molecule has 76 valence electrons. The number of nitrogens with two attached hydrogens (primary N) is 1. The maximum atomic E-state index is 11.5. The van der Waals surface area contributed by atoms with Gasteiger partial charge in [0.2, 0.25) is 0 Å². The van der Waals surface area contributed by atoms with E-state index in [1.54, 1.807) is 12.4 Å². The molecule has 0 radical (unpaired) electrons. The molecule has 0 aliphatic carbocycles. The molecular weight excluding hydrogens is 176 g/mol. The molecule has 3 nitrogen and oxygen atoms in total. The van der Waals surface area contributed by atoms with E-state index in [0.29, 0.717) is 12.8 Å². The SMILES string of the molecule is CCC(N)CC(=O)Cc1ccncc1. The minimum absolute atomic E-state index is 0.00402. The number of carbonyl (C=O) groups is 1. The molecule has 0 bridgehead atoms. The van der Waals surface area contributed by atoms with Crippen LogP contribution in [-0.4, -0.2) is 16.8 Å². The number of aromatic nitrogens is 1. The van der Waals surface area contributed by atoms with Crippen molar-refractivity contribution in [1.29, 1.82) is 0 Å². The van der Waals surface area contributed by atoms with Gasteiger partial charge in [0.05, 0.1) is 0 Å². The van der Waals surface area contributed by atoms with E-state index in [-0.39, 0.29) is 11.8 Å². The van der Waals surface area contributed by atoms with Crippen molar-refractivity contribution in [2.45, 2.75) is 32.2 Å². The summed E-state index contributed by atoms with van der Waals surface area (Å²) >= 11 is 0. The van der Waals surface area contributed by atoms with Crippen molar-refractivity contribution in [3.8, 4) is 0 Å². The van der Waals surface area contributed by atoms with Crippen molar-refractivity contribution in [1.82, 2.24) is 4.98 Å². The van der Waals surface area contributed by atoms with E-state index >= 15 is 0 Å². The molecule has 2 N–H and O–H groups in total. The van der Waals surface area contributed by atoms with Crippen LogP contribution in [0.4, 0.5) is 0 Å².